The van der Waals surface area contributed by atoms with E-state index in [0.717, 1.165) is 0 Å². The van der Waals surface area contributed by atoms with Crippen LogP contribution in [-0.4, -0.2) is 43.3 Å². The summed E-state index contributed by atoms with van der Waals surface area (Å²) in [6, 6.07) is 4.12. The minimum absolute atomic E-state index is 0.0600. The number of nitro groups is 1. The van der Waals surface area contributed by atoms with Crippen LogP contribution in [0, 0.1) is 10.1 Å². The molecule has 96 valence electrons. The second kappa shape index (κ2) is 5.76. The Morgan fingerprint density at radius 3 is 2.67 bits per heavy atom. The van der Waals surface area contributed by atoms with Crippen molar-refractivity contribution in [1.29, 1.82) is 0 Å². The molecule has 0 unspecified atom stereocenters. The normalized spacial score (nSPS) is 10.4. The lowest BCUT2D eigenvalue weighted by Gasteiger charge is -2.06. The number of para-hydroxylation sites is 1. The fraction of sp³-hybridized carbons (Fsp3) is 0.273. The number of rotatable bonds is 4. The Kier molecular flexibility index (Phi) is 4.36. The summed E-state index contributed by atoms with van der Waals surface area (Å²) in [5, 5.41) is 10.8. The maximum absolute atomic E-state index is 11.8. The Hall–Kier alpha value is -2.44. The van der Waals surface area contributed by atoms with Gasteiger partial charge in [-0.25, -0.2) is 0 Å². The fourth-order valence-corrected chi connectivity index (χ4v) is 1.29. The third-order valence-corrected chi connectivity index (χ3v) is 2.03. The van der Waals surface area contributed by atoms with E-state index in [-0.39, 0.29) is 17.0 Å². The minimum Gasteiger partial charge on any atom is -0.490 e. The first-order valence-corrected chi connectivity index (χ1v) is 5.03. The lowest BCUT2D eigenvalue weighted by molar-refractivity contribution is -0.385. The second-order valence-corrected chi connectivity index (χ2v) is 3.63. The summed E-state index contributed by atoms with van der Waals surface area (Å²) >= 11 is 0. The van der Waals surface area contributed by atoms with E-state index < -0.39 is 10.8 Å². The summed E-state index contributed by atoms with van der Waals surface area (Å²) in [7, 11) is 4.69. The molecule has 0 aromatic heterocycles. The molecule has 0 bridgehead atoms. The average molecular weight is 251 g/mol. The molecule has 0 heterocycles. The van der Waals surface area contributed by atoms with Crippen molar-refractivity contribution in [2.45, 2.75) is 0 Å². The number of carbonyl (C=O) groups excluding carboxylic acids is 1. The molecule has 0 fully saturated rings. The van der Waals surface area contributed by atoms with Crippen LogP contribution in [0.25, 0.3) is 0 Å². The van der Waals surface area contributed by atoms with Crippen molar-refractivity contribution in [3.05, 3.63) is 33.9 Å². The lowest BCUT2D eigenvalue weighted by Crippen LogP contribution is -2.10. The topological polar surface area (TPSA) is 85.0 Å². The number of carbonyl (C=O) groups is 1. The molecule has 0 aliphatic heterocycles. The molecule has 0 N–H and O–H groups in total. The first kappa shape index (κ1) is 13.6. The van der Waals surface area contributed by atoms with Crippen molar-refractivity contribution in [3.63, 3.8) is 0 Å². The quantitative estimate of drug-likeness (QED) is 0.349. The van der Waals surface area contributed by atoms with Gasteiger partial charge in [-0.1, -0.05) is 6.07 Å². The van der Waals surface area contributed by atoms with E-state index in [9.17, 15) is 14.9 Å². The molecule has 1 aromatic carbocycles. The molecule has 0 spiro atoms. The smallest absolute Gasteiger partial charge is 0.311 e. The maximum Gasteiger partial charge on any atom is 0.311 e. The van der Waals surface area contributed by atoms with Crippen molar-refractivity contribution < 1.29 is 14.5 Å². The molecule has 1 amide bonds. The van der Waals surface area contributed by atoms with E-state index in [1.54, 1.807) is 19.0 Å². The van der Waals surface area contributed by atoms with Crippen LogP contribution < -0.4 is 4.74 Å². The molecule has 0 saturated heterocycles. The zero-order valence-electron chi connectivity index (χ0n) is 10.3. The lowest BCUT2D eigenvalue weighted by atomic mass is 10.1. The second-order valence-electron chi connectivity index (χ2n) is 3.63. The van der Waals surface area contributed by atoms with Gasteiger partial charge in [0.15, 0.2) is 0 Å². The van der Waals surface area contributed by atoms with Gasteiger partial charge in [0.1, 0.15) is 0 Å². The van der Waals surface area contributed by atoms with Crippen LogP contribution in [0.3, 0.4) is 0 Å². The molecule has 1 aromatic rings. The summed E-state index contributed by atoms with van der Waals surface area (Å²) in [5.74, 6) is -0.673. The maximum atomic E-state index is 11.8. The fourth-order valence-electron chi connectivity index (χ4n) is 1.29. The van der Waals surface area contributed by atoms with Gasteiger partial charge >= 0.3 is 5.69 Å². The first-order valence-electron chi connectivity index (χ1n) is 5.03. The molecule has 7 heteroatoms. The number of ether oxygens (including phenoxy) is 1. The van der Waals surface area contributed by atoms with Gasteiger partial charge in [0.05, 0.1) is 23.9 Å². The van der Waals surface area contributed by atoms with Crippen molar-refractivity contribution in [2.24, 2.45) is 4.99 Å². The highest BCUT2D eigenvalue weighted by atomic mass is 16.6. The van der Waals surface area contributed by atoms with Gasteiger partial charge in [0.25, 0.3) is 5.91 Å². The number of amides is 1. The van der Waals surface area contributed by atoms with Crippen molar-refractivity contribution >= 4 is 17.9 Å². The first-order chi connectivity index (χ1) is 8.47. The van der Waals surface area contributed by atoms with Crippen molar-refractivity contribution in [1.82, 2.24) is 4.90 Å². The predicted octanol–water partition coefficient (Wildman–Crippen LogP) is 1.33. The van der Waals surface area contributed by atoms with E-state index in [1.807, 2.05) is 0 Å². The molecular formula is C11H13N3O4. The Balaban J connectivity index is 3.20. The van der Waals surface area contributed by atoms with Crippen LogP contribution in [0.1, 0.15) is 10.4 Å². The summed E-state index contributed by atoms with van der Waals surface area (Å²) in [6.07, 6.45) is 1.32. The Morgan fingerprint density at radius 1 is 1.50 bits per heavy atom. The SMILES string of the molecule is COc1c(C(=O)N=CN(C)C)cccc1[N+](=O)[O-]. The van der Waals surface area contributed by atoms with E-state index in [2.05, 4.69) is 4.99 Å². The molecule has 0 saturated carbocycles. The average Bonchev–Trinajstić information content (AvgIpc) is 2.34. The summed E-state index contributed by atoms with van der Waals surface area (Å²) in [4.78, 5) is 27.2. The van der Waals surface area contributed by atoms with Crippen LogP contribution >= 0.6 is 0 Å². The van der Waals surface area contributed by atoms with Gasteiger partial charge in [-0.2, -0.15) is 4.99 Å². The van der Waals surface area contributed by atoms with Crippen LogP contribution in [0.2, 0.25) is 0 Å². The number of hydrogen-bond acceptors (Lipinski definition) is 4. The zero-order valence-corrected chi connectivity index (χ0v) is 10.3. The van der Waals surface area contributed by atoms with E-state index in [1.165, 1.54) is 31.6 Å². The van der Waals surface area contributed by atoms with Crippen LogP contribution in [0.5, 0.6) is 5.75 Å². The van der Waals surface area contributed by atoms with Crippen molar-refractivity contribution in [3.8, 4) is 5.75 Å². The number of methoxy groups -OCH3 is 1. The van der Waals surface area contributed by atoms with E-state index in [0.29, 0.717) is 0 Å². The third kappa shape index (κ3) is 3.03. The number of nitro benzene ring substituents is 1. The zero-order chi connectivity index (χ0) is 13.7. The molecule has 18 heavy (non-hydrogen) atoms. The van der Waals surface area contributed by atoms with Gasteiger partial charge < -0.3 is 9.64 Å². The standard InChI is InChI=1S/C11H13N3O4/c1-13(2)7-12-11(15)8-5-4-6-9(14(16)17)10(8)18-3/h4-7H,1-3H3. The van der Waals surface area contributed by atoms with E-state index >= 15 is 0 Å². The number of nitrogens with zero attached hydrogens (tertiary/aromatic N) is 3. The Bertz CT molecular complexity index is 497. The van der Waals surface area contributed by atoms with Gasteiger partial charge in [0.2, 0.25) is 5.75 Å². The number of hydrogen-bond donors (Lipinski definition) is 0. The monoisotopic (exact) mass is 251 g/mol. The Labute approximate surface area is 104 Å². The molecule has 0 radical (unpaired) electrons. The van der Waals surface area contributed by atoms with Gasteiger partial charge in [0, 0.05) is 20.2 Å². The highest BCUT2D eigenvalue weighted by molar-refractivity contribution is 6.01. The number of benzene rings is 1. The minimum atomic E-state index is -0.606. The molecule has 7 nitrogen and oxygen atoms in total. The summed E-state index contributed by atoms with van der Waals surface area (Å²) in [5.41, 5.74) is -0.201. The molecule has 0 aliphatic rings. The van der Waals surface area contributed by atoms with Crippen molar-refractivity contribution in [2.75, 3.05) is 21.2 Å². The number of aliphatic imine (C=N–C) groups is 1. The van der Waals surface area contributed by atoms with Gasteiger partial charge in [-0.05, 0) is 6.07 Å². The molecule has 0 aliphatic carbocycles. The van der Waals surface area contributed by atoms with Gasteiger partial charge in [-0.15, -0.1) is 0 Å². The highest BCUT2D eigenvalue weighted by Crippen LogP contribution is 2.30. The molecule has 1 rings (SSSR count). The van der Waals surface area contributed by atoms with Crippen LogP contribution in [-0.2, 0) is 0 Å². The highest BCUT2D eigenvalue weighted by Gasteiger charge is 2.21. The summed E-state index contributed by atoms with van der Waals surface area (Å²) < 4.78 is 4.92. The van der Waals surface area contributed by atoms with Crippen LogP contribution in [0.15, 0.2) is 23.2 Å². The summed E-state index contributed by atoms with van der Waals surface area (Å²) in [6.45, 7) is 0. The predicted molar refractivity (Wildman–Crippen MR) is 66.2 cm³/mol. The van der Waals surface area contributed by atoms with Gasteiger partial charge in [-0.3, -0.25) is 14.9 Å². The molecular weight excluding hydrogens is 238 g/mol. The van der Waals surface area contributed by atoms with Crippen LogP contribution in [0.4, 0.5) is 5.69 Å². The largest absolute Gasteiger partial charge is 0.490 e. The van der Waals surface area contributed by atoms with E-state index in [4.69, 9.17) is 4.74 Å². The molecule has 0 atom stereocenters. The Morgan fingerprint density at radius 2 is 2.17 bits per heavy atom. The third-order valence-electron chi connectivity index (χ3n) is 2.03.